The summed E-state index contributed by atoms with van der Waals surface area (Å²) < 4.78 is 22.4. The van der Waals surface area contributed by atoms with Crippen LogP contribution in [-0.2, 0) is 14.6 Å². The highest BCUT2D eigenvalue weighted by atomic mass is 32.2. The molecule has 1 aliphatic rings. The van der Waals surface area contributed by atoms with Crippen molar-refractivity contribution in [1.29, 1.82) is 0 Å². The first kappa shape index (κ1) is 13.4. The van der Waals surface area contributed by atoms with Crippen LogP contribution in [0.15, 0.2) is 0 Å². The smallest absolute Gasteiger partial charge is 0.238 e. The van der Waals surface area contributed by atoms with Gasteiger partial charge in [0.1, 0.15) is 5.25 Å². The molecule has 1 fully saturated rings. The molecule has 0 aromatic rings. The summed E-state index contributed by atoms with van der Waals surface area (Å²) in [6.45, 7) is 1.40. The molecule has 0 aromatic carbocycles. The fraction of sp³-hybridized carbons (Fsp3) is 0.900. The first-order chi connectivity index (χ1) is 7.32. The molecular weight excluding hydrogens is 228 g/mol. The number of rotatable bonds is 3. The van der Waals surface area contributed by atoms with Crippen molar-refractivity contribution < 1.29 is 13.2 Å². The van der Waals surface area contributed by atoms with E-state index in [1.165, 1.54) is 6.92 Å². The molecule has 0 radical (unpaired) electrons. The van der Waals surface area contributed by atoms with E-state index >= 15 is 0 Å². The predicted octanol–water partition coefficient (Wildman–Crippen LogP) is -0.194. The summed E-state index contributed by atoms with van der Waals surface area (Å²) in [6.07, 6.45) is 4.90. The van der Waals surface area contributed by atoms with Gasteiger partial charge in [-0.1, -0.05) is 12.8 Å². The van der Waals surface area contributed by atoms with E-state index in [1.54, 1.807) is 0 Å². The molecule has 0 saturated heterocycles. The fourth-order valence-electron chi connectivity index (χ4n) is 1.83. The van der Waals surface area contributed by atoms with Crippen LogP contribution in [0.4, 0.5) is 0 Å². The molecule has 0 bridgehead atoms. The summed E-state index contributed by atoms with van der Waals surface area (Å²) in [5, 5.41) is 1.73. The Labute approximate surface area is 96.7 Å². The third-order valence-electron chi connectivity index (χ3n) is 3.16. The van der Waals surface area contributed by atoms with Crippen LogP contribution in [0.5, 0.6) is 0 Å². The molecule has 1 rings (SSSR count). The van der Waals surface area contributed by atoms with Crippen molar-refractivity contribution in [2.45, 2.75) is 49.9 Å². The number of hydrogen-bond donors (Lipinski definition) is 2. The summed E-state index contributed by atoms with van der Waals surface area (Å²) >= 11 is 0. The van der Waals surface area contributed by atoms with E-state index in [1.807, 2.05) is 0 Å². The molecule has 16 heavy (non-hydrogen) atoms. The quantitative estimate of drug-likeness (QED) is 0.724. The Morgan fingerprint density at radius 1 is 1.38 bits per heavy atom. The first-order valence-electron chi connectivity index (χ1n) is 5.57. The van der Waals surface area contributed by atoms with Crippen molar-refractivity contribution in [2.24, 2.45) is 5.73 Å². The lowest BCUT2D eigenvalue weighted by Gasteiger charge is -2.30. The molecule has 6 heteroatoms. The second-order valence-electron chi connectivity index (χ2n) is 4.54. The molecule has 1 amide bonds. The third-order valence-corrected chi connectivity index (χ3v) is 4.66. The largest absolute Gasteiger partial charge is 0.351 e. The highest BCUT2D eigenvalue weighted by Crippen LogP contribution is 2.17. The molecule has 3 atom stereocenters. The van der Waals surface area contributed by atoms with Crippen molar-refractivity contribution in [3.8, 4) is 0 Å². The fourth-order valence-corrected chi connectivity index (χ4v) is 2.29. The number of sulfone groups is 1. The van der Waals surface area contributed by atoms with Crippen molar-refractivity contribution >= 4 is 15.7 Å². The summed E-state index contributed by atoms with van der Waals surface area (Å²) in [4.78, 5) is 11.7. The monoisotopic (exact) mass is 248 g/mol. The van der Waals surface area contributed by atoms with E-state index in [9.17, 15) is 13.2 Å². The van der Waals surface area contributed by atoms with Gasteiger partial charge in [0.15, 0.2) is 9.84 Å². The Hall–Kier alpha value is -0.620. The van der Waals surface area contributed by atoms with Gasteiger partial charge in [-0.25, -0.2) is 8.42 Å². The highest BCUT2D eigenvalue weighted by Gasteiger charge is 2.28. The first-order valence-corrected chi connectivity index (χ1v) is 7.52. The lowest BCUT2D eigenvalue weighted by atomic mass is 9.91. The van der Waals surface area contributed by atoms with Gasteiger partial charge in [0.2, 0.25) is 5.91 Å². The van der Waals surface area contributed by atoms with Gasteiger partial charge in [0.25, 0.3) is 0 Å². The lowest BCUT2D eigenvalue weighted by Crippen LogP contribution is -2.52. The minimum absolute atomic E-state index is 0.0514. The Morgan fingerprint density at radius 2 is 1.94 bits per heavy atom. The molecule has 0 aliphatic heterocycles. The van der Waals surface area contributed by atoms with Gasteiger partial charge in [-0.3, -0.25) is 4.79 Å². The predicted molar refractivity (Wildman–Crippen MR) is 62.7 cm³/mol. The topological polar surface area (TPSA) is 89.3 Å². The molecular formula is C10H20N2O3S. The standard InChI is InChI=1S/C10H20N2O3S/c1-7(16(2,14)15)10(13)12-9-6-4-3-5-8(9)11/h7-9H,3-6,11H2,1-2H3,(H,12,13). The Balaban J connectivity index is 2.57. The average molecular weight is 248 g/mol. The normalized spacial score (nSPS) is 28.4. The number of carbonyl (C=O) groups excluding carboxylic acids is 1. The zero-order chi connectivity index (χ0) is 12.3. The van der Waals surface area contributed by atoms with E-state index < -0.39 is 21.0 Å². The van der Waals surface area contributed by atoms with Crippen LogP contribution in [0, 0.1) is 0 Å². The molecule has 94 valence electrons. The second-order valence-corrected chi connectivity index (χ2v) is 6.90. The molecule has 3 unspecified atom stereocenters. The van der Waals surface area contributed by atoms with Gasteiger partial charge < -0.3 is 11.1 Å². The number of carbonyl (C=O) groups is 1. The maximum Gasteiger partial charge on any atom is 0.238 e. The van der Waals surface area contributed by atoms with Crippen LogP contribution < -0.4 is 11.1 Å². The number of amides is 1. The SMILES string of the molecule is CC(C(=O)NC1CCCCC1N)S(C)(=O)=O. The average Bonchev–Trinajstić information content (AvgIpc) is 2.19. The molecule has 0 aromatic heterocycles. The van der Waals surface area contributed by atoms with Crippen molar-refractivity contribution in [2.75, 3.05) is 6.26 Å². The second kappa shape index (κ2) is 5.14. The van der Waals surface area contributed by atoms with Crippen LogP contribution >= 0.6 is 0 Å². The molecule has 0 spiro atoms. The summed E-state index contributed by atoms with van der Waals surface area (Å²) in [6, 6.07) is -0.130. The van der Waals surface area contributed by atoms with Crippen LogP contribution in [0.1, 0.15) is 32.6 Å². The lowest BCUT2D eigenvalue weighted by molar-refractivity contribution is -0.121. The van der Waals surface area contributed by atoms with Crippen molar-refractivity contribution in [1.82, 2.24) is 5.32 Å². The minimum atomic E-state index is -3.32. The number of hydrogen-bond acceptors (Lipinski definition) is 4. The number of nitrogens with one attached hydrogen (secondary N) is 1. The third kappa shape index (κ3) is 3.45. The van der Waals surface area contributed by atoms with Gasteiger partial charge in [-0.15, -0.1) is 0 Å². The van der Waals surface area contributed by atoms with Crippen molar-refractivity contribution in [3.63, 3.8) is 0 Å². The Morgan fingerprint density at radius 3 is 2.44 bits per heavy atom. The molecule has 5 nitrogen and oxygen atoms in total. The van der Waals surface area contributed by atoms with Gasteiger partial charge in [0.05, 0.1) is 0 Å². The zero-order valence-corrected chi connectivity index (χ0v) is 10.6. The van der Waals surface area contributed by atoms with Gasteiger partial charge in [-0.2, -0.15) is 0 Å². The maximum absolute atomic E-state index is 11.7. The van der Waals surface area contributed by atoms with Crippen LogP contribution in [0.3, 0.4) is 0 Å². The molecule has 3 N–H and O–H groups in total. The summed E-state index contributed by atoms with van der Waals surface area (Å²) in [5.74, 6) is -0.440. The minimum Gasteiger partial charge on any atom is -0.351 e. The van der Waals surface area contributed by atoms with Gasteiger partial charge in [0, 0.05) is 18.3 Å². The van der Waals surface area contributed by atoms with Crippen molar-refractivity contribution in [3.05, 3.63) is 0 Å². The maximum atomic E-state index is 11.7. The van der Waals surface area contributed by atoms with E-state index in [4.69, 9.17) is 5.73 Å². The van der Waals surface area contributed by atoms with Crippen LogP contribution in [0.25, 0.3) is 0 Å². The van der Waals surface area contributed by atoms with Crippen LogP contribution in [0.2, 0.25) is 0 Å². The molecule has 1 saturated carbocycles. The summed E-state index contributed by atoms with van der Waals surface area (Å²) in [5.41, 5.74) is 5.87. The van der Waals surface area contributed by atoms with Gasteiger partial charge >= 0.3 is 0 Å². The zero-order valence-electron chi connectivity index (χ0n) is 9.77. The van der Waals surface area contributed by atoms with E-state index in [-0.39, 0.29) is 12.1 Å². The van der Waals surface area contributed by atoms with E-state index in [2.05, 4.69) is 5.32 Å². The Kier molecular flexibility index (Phi) is 4.32. The molecule has 1 aliphatic carbocycles. The van der Waals surface area contributed by atoms with E-state index in [0.29, 0.717) is 0 Å². The molecule has 0 heterocycles. The Bertz CT molecular complexity index is 353. The number of nitrogens with two attached hydrogens (primary N) is 1. The summed E-state index contributed by atoms with van der Waals surface area (Å²) in [7, 11) is -3.32. The van der Waals surface area contributed by atoms with E-state index in [0.717, 1.165) is 31.9 Å². The van der Waals surface area contributed by atoms with Gasteiger partial charge in [-0.05, 0) is 19.8 Å². The highest BCUT2D eigenvalue weighted by molar-refractivity contribution is 7.92. The van der Waals surface area contributed by atoms with Crippen LogP contribution in [-0.4, -0.2) is 37.9 Å².